The molecule has 1 aromatic carbocycles. The van der Waals surface area contributed by atoms with Gasteiger partial charge in [0, 0.05) is 6.54 Å². The molecular formula is C14H20ClFN2O. The molecular weight excluding hydrogens is 267 g/mol. The van der Waals surface area contributed by atoms with Gasteiger partial charge in [0.25, 0.3) is 0 Å². The van der Waals surface area contributed by atoms with Crippen LogP contribution in [0.5, 0.6) is 0 Å². The predicted octanol–water partition coefficient (Wildman–Crippen LogP) is 1.91. The monoisotopic (exact) mass is 286 g/mol. The van der Waals surface area contributed by atoms with E-state index >= 15 is 0 Å². The van der Waals surface area contributed by atoms with Crippen LogP contribution in [-0.4, -0.2) is 25.5 Å². The molecule has 5 heteroatoms. The van der Waals surface area contributed by atoms with Gasteiger partial charge in [-0.3, -0.25) is 4.79 Å². The largest absolute Gasteiger partial charge is 0.355 e. The maximum atomic E-state index is 13.3. The fraction of sp³-hybridized carbons (Fsp3) is 0.500. The quantitative estimate of drug-likeness (QED) is 0.804. The van der Waals surface area contributed by atoms with E-state index in [1.54, 1.807) is 18.2 Å². The normalized spacial score (nSPS) is 13.7. The van der Waals surface area contributed by atoms with Crippen molar-refractivity contribution in [3.63, 3.8) is 0 Å². The average Bonchev–Trinajstić information content (AvgIpc) is 3.16. The van der Waals surface area contributed by atoms with Crippen LogP contribution in [-0.2, 0) is 11.2 Å². The Labute approximate surface area is 119 Å². The molecule has 1 aliphatic rings. The number of hydrogen-bond acceptors (Lipinski definition) is 2. The Kier molecular flexibility index (Phi) is 6.81. The number of benzene rings is 1. The smallest absolute Gasteiger partial charge is 0.233 e. The van der Waals surface area contributed by atoms with E-state index in [1.165, 1.54) is 18.9 Å². The van der Waals surface area contributed by atoms with Crippen molar-refractivity contribution in [2.45, 2.75) is 19.3 Å². The number of halogens is 2. The van der Waals surface area contributed by atoms with Crippen molar-refractivity contribution in [1.82, 2.24) is 10.6 Å². The Morgan fingerprint density at radius 3 is 2.74 bits per heavy atom. The zero-order valence-electron chi connectivity index (χ0n) is 10.8. The molecule has 0 heterocycles. The van der Waals surface area contributed by atoms with E-state index in [4.69, 9.17) is 0 Å². The lowest BCUT2D eigenvalue weighted by Crippen LogP contribution is -2.35. The zero-order chi connectivity index (χ0) is 12.8. The highest BCUT2D eigenvalue weighted by molar-refractivity contribution is 5.85. The molecule has 0 radical (unpaired) electrons. The second kappa shape index (κ2) is 8.12. The van der Waals surface area contributed by atoms with Gasteiger partial charge in [-0.25, -0.2) is 4.39 Å². The Hall–Kier alpha value is -1.13. The molecule has 3 nitrogen and oxygen atoms in total. The molecule has 0 bridgehead atoms. The molecule has 0 spiro atoms. The first-order valence-corrected chi connectivity index (χ1v) is 6.46. The first-order valence-electron chi connectivity index (χ1n) is 6.46. The molecule has 0 aromatic heterocycles. The Balaban J connectivity index is 0.00000180. The molecule has 2 N–H and O–H groups in total. The average molecular weight is 287 g/mol. The molecule has 106 valence electrons. The zero-order valence-corrected chi connectivity index (χ0v) is 11.6. The first-order chi connectivity index (χ1) is 8.75. The van der Waals surface area contributed by atoms with Crippen LogP contribution < -0.4 is 10.6 Å². The SMILES string of the molecule is Cl.O=C(CNCC1CC1)NCCc1ccccc1F. The van der Waals surface area contributed by atoms with Crippen LogP contribution in [0.25, 0.3) is 0 Å². The van der Waals surface area contributed by atoms with Crippen molar-refractivity contribution in [3.05, 3.63) is 35.6 Å². The fourth-order valence-electron chi connectivity index (χ4n) is 1.81. The Bertz CT molecular complexity index is 410. The van der Waals surface area contributed by atoms with Gasteiger partial charge in [-0.2, -0.15) is 0 Å². The minimum Gasteiger partial charge on any atom is -0.355 e. The lowest BCUT2D eigenvalue weighted by atomic mass is 10.1. The van der Waals surface area contributed by atoms with Crippen LogP contribution in [0.4, 0.5) is 4.39 Å². The summed E-state index contributed by atoms with van der Waals surface area (Å²) in [7, 11) is 0. The third kappa shape index (κ3) is 6.03. The predicted molar refractivity (Wildman–Crippen MR) is 76.0 cm³/mol. The number of hydrogen-bond donors (Lipinski definition) is 2. The van der Waals surface area contributed by atoms with Crippen LogP contribution in [0.1, 0.15) is 18.4 Å². The van der Waals surface area contributed by atoms with Gasteiger partial charge >= 0.3 is 0 Å². The van der Waals surface area contributed by atoms with Crippen molar-refractivity contribution in [2.24, 2.45) is 5.92 Å². The summed E-state index contributed by atoms with van der Waals surface area (Å²) in [5, 5.41) is 5.91. The lowest BCUT2D eigenvalue weighted by Gasteiger charge is -2.07. The van der Waals surface area contributed by atoms with Gasteiger partial charge < -0.3 is 10.6 Å². The maximum absolute atomic E-state index is 13.3. The van der Waals surface area contributed by atoms with Gasteiger partial charge in [0.05, 0.1) is 6.54 Å². The molecule has 1 amide bonds. The summed E-state index contributed by atoms with van der Waals surface area (Å²) in [6.07, 6.45) is 3.09. The summed E-state index contributed by atoms with van der Waals surface area (Å²) in [5.74, 6) is 0.543. The second-order valence-corrected chi connectivity index (χ2v) is 4.77. The summed E-state index contributed by atoms with van der Waals surface area (Å²) in [6, 6.07) is 6.65. The van der Waals surface area contributed by atoms with Crippen molar-refractivity contribution >= 4 is 18.3 Å². The van der Waals surface area contributed by atoms with E-state index in [9.17, 15) is 9.18 Å². The van der Waals surface area contributed by atoms with Crippen LogP contribution in [0.3, 0.4) is 0 Å². The van der Waals surface area contributed by atoms with Gasteiger partial charge in [-0.1, -0.05) is 18.2 Å². The molecule has 2 rings (SSSR count). The van der Waals surface area contributed by atoms with E-state index in [0.29, 0.717) is 25.1 Å². The fourth-order valence-corrected chi connectivity index (χ4v) is 1.81. The molecule has 0 unspecified atom stereocenters. The molecule has 1 aliphatic carbocycles. The molecule has 0 aliphatic heterocycles. The summed E-state index contributed by atoms with van der Waals surface area (Å²) >= 11 is 0. The van der Waals surface area contributed by atoms with Gasteiger partial charge in [0.15, 0.2) is 0 Å². The van der Waals surface area contributed by atoms with Crippen LogP contribution >= 0.6 is 12.4 Å². The van der Waals surface area contributed by atoms with E-state index < -0.39 is 0 Å². The van der Waals surface area contributed by atoms with Crippen LogP contribution in [0.15, 0.2) is 24.3 Å². The third-order valence-electron chi connectivity index (χ3n) is 3.09. The number of carbonyl (C=O) groups is 1. The molecule has 1 fully saturated rings. The van der Waals surface area contributed by atoms with Gasteiger partial charge in [0.1, 0.15) is 5.82 Å². The Morgan fingerprint density at radius 1 is 1.32 bits per heavy atom. The summed E-state index contributed by atoms with van der Waals surface area (Å²) in [6.45, 7) is 1.76. The standard InChI is InChI=1S/C14H19FN2O.ClH/c15-13-4-2-1-3-12(13)7-8-17-14(18)10-16-9-11-5-6-11;/h1-4,11,16H,5-10H2,(H,17,18);1H. The molecule has 0 atom stereocenters. The van der Waals surface area contributed by atoms with Crippen molar-refractivity contribution in [2.75, 3.05) is 19.6 Å². The van der Waals surface area contributed by atoms with Crippen LogP contribution in [0, 0.1) is 11.7 Å². The van der Waals surface area contributed by atoms with Gasteiger partial charge in [-0.15, -0.1) is 12.4 Å². The number of rotatable bonds is 7. The molecule has 0 saturated heterocycles. The minimum absolute atomic E-state index is 0. The van der Waals surface area contributed by atoms with Crippen molar-refractivity contribution in [1.29, 1.82) is 0 Å². The topological polar surface area (TPSA) is 41.1 Å². The minimum atomic E-state index is -0.210. The highest BCUT2D eigenvalue weighted by atomic mass is 35.5. The van der Waals surface area contributed by atoms with Crippen LogP contribution in [0.2, 0.25) is 0 Å². The highest BCUT2D eigenvalue weighted by Crippen LogP contribution is 2.27. The lowest BCUT2D eigenvalue weighted by molar-refractivity contribution is -0.120. The summed E-state index contributed by atoms with van der Waals surface area (Å²) < 4.78 is 13.3. The van der Waals surface area contributed by atoms with Gasteiger partial charge in [-0.05, 0) is 43.4 Å². The molecule has 1 saturated carbocycles. The van der Waals surface area contributed by atoms with E-state index in [-0.39, 0.29) is 24.1 Å². The van der Waals surface area contributed by atoms with E-state index in [2.05, 4.69) is 10.6 Å². The van der Waals surface area contributed by atoms with Crippen molar-refractivity contribution < 1.29 is 9.18 Å². The number of amides is 1. The molecule has 1 aromatic rings. The van der Waals surface area contributed by atoms with E-state index in [0.717, 1.165) is 12.5 Å². The number of nitrogens with one attached hydrogen (secondary N) is 2. The highest BCUT2D eigenvalue weighted by Gasteiger charge is 2.20. The summed E-state index contributed by atoms with van der Waals surface area (Å²) in [4.78, 5) is 11.5. The van der Waals surface area contributed by atoms with E-state index in [1.807, 2.05) is 0 Å². The third-order valence-corrected chi connectivity index (χ3v) is 3.09. The first kappa shape index (κ1) is 15.9. The van der Waals surface area contributed by atoms with Gasteiger partial charge in [0.2, 0.25) is 5.91 Å². The van der Waals surface area contributed by atoms with Crippen molar-refractivity contribution in [3.8, 4) is 0 Å². The Morgan fingerprint density at radius 2 is 2.05 bits per heavy atom. The number of carbonyl (C=O) groups excluding carboxylic acids is 1. The maximum Gasteiger partial charge on any atom is 0.233 e. The molecule has 19 heavy (non-hydrogen) atoms. The second-order valence-electron chi connectivity index (χ2n) is 4.77. The summed E-state index contributed by atoms with van der Waals surface area (Å²) in [5.41, 5.74) is 0.642.